The highest BCUT2D eigenvalue weighted by Gasteiger charge is 2.24. The van der Waals surface area contributed by atoms with Crippen LogP contribution in [0.1, 0.15) is 43.2 Å². The average molecular weight is 338 g/mol. The van der Waals surface area contributed by atoms with E-state index in [4.69, 9.17) is 4.74 Å². The zero-order valence-corrected chi connectivity index (χ0v) is 14.7. The van der Waals surface area contributed by atoms with Crippen LogP contribution in [-0.2, 0) is 5.54 Å². The van der Waals surface area contributed by atoms with E-state index >= 15 is 0 Å². The number of rotatable bonds is 6. The standard InChI is InChI=1S/C19H22N4O2/c1-4-13-25-15-7-5-14(6-8-15)19(2,3)22-18(24)16-9-11-20-17-10-12-21-23(16)17/h5-12H,4,13H2,1-3H3,(H,22,24). The number of carbonyl (C=O) groups is 1. The number of benzene rings is 1. The van der Waals surface area contributed by atoms with Crippen molar-refractivity contribution >= 4 is 11.6 Å². The lowest BCUT2D eigenvalue weighted by molar-refractivity contribution is 0.0904. The van der Waals surface area contributed by atoms with E-state index in [0.717, 1.165) is 17.7 Å². The first-order valence-electron chi connectivity index (χ1n) is 8.36. The van der Waals surface area contributed by atoms with Crippen molar-refractivity contribution < 1.29 is 9.53 Å². The van der Waals surface area contributed by atoms with E-state index in [9.17, 15) is 4.79 Å². The predicted octanol–water partition coefficient (Wildman–Crippen LogP) is 3.18. The Bertz CT molecular complexity index is 869. The molecular formula is C19H22N4O2. The minimum atomic E-state index is -0.539. The van der Waals surface area contributed by atoms with E-state index in [1.165, 1.54) is 4.52 Å². The number of ether oxygens (including phenoxy) is 1. The zero-order chi connectivity index (χ0) is 17.9. The Morgan fingerprint density at radius 3 is 2.64 bits per heavy atom. The Hall–Kier alpha value is -2.89. The molecule has 2 aromatic heterocycles. The lowest BCUT2D eigenvalue weighted by Crippen LogP contribution is -2.41. The number of nitrogens with one attached hydrogen (secondary N) is 1. The van der Waals surface area contributed by atoms with Gasteiger partial charge in [0, 0.05) is 12.3 Å². The van der Waals surface area contributed by atoms with Crippen molar-refractivity contribution in [3.63, 3.8) is 0 Å². The van der Waals surface area contributed by atoms with Crippen molar-refractivity contribution in [1.29, 1.82) is 0 Å². The molecule has 0 aliphatic carbocycles. The summed E-state index contributed by atoms with van der Waals surface area (Å²) in [5, 5.41) is 7.22. The van der Waals surface area contributed by atoms with Crippen molar-refractivity contribution in [1.82, 2.24) is 19.9 Å². The quantitative estimate of drug-likeness (QED) is 0.749. The van der Waals surface area contributed by atoms with Gasteiger partial charge in [-0.05, 0) is 44.0 Å². The normalized spacial score (nSPS) is 11.5. The zero-order valence-electron chi connectivity index (χ0n) is 14.7. The van der Waals surface area contributed by atoms with Gasteiger partial charge in [0.1, 0.15) is 11.4 Å². The van der Waals surface area contributed by atoms with Gasteiger partial charge in [-0.2, -0.15) is 5.10 Å². The van der Waals surface area contributed by atoms with Crippen LogP contribution in [0.25, 0.3) is 5.65 Å². The molecule has 2 heterocycles. The van der Waals surface area contributed by atoms with Crippen molar-refractivity contribution in [3.05, 3.63) is 60.0 Å². The van der Waals surface area contributed by atoms with Gasteiger partial charge in [0.25, 0.3) is 5.91 Å². The highest BCUT2D eigenvalue weighted by Crippen LogP contribution is 2.23. The molecule has 1 amide bonds. The fourth-order valence-electron chi connectivity index (χ4n) is 2.61. The maximum absolute atomic E-state index is 12.7. The molecule has 130 valence electrons. The molecule has 0 radical (unpaired) electrons. The van der Waals surface area contributed by atoms with Crippen LogP contribution in [0.5, 0.6) is 5.75 Å². The van der Waals surface area contributed by atoms with E-state index in [0.29, 0.717) is 17.9 Å². The smallest absolute Gasteiger partial charge is 0.270 e. The van der Waals surface area contributed by atoms with Crippen molar-refractivity contribution in [2.75, 3.05) is 6.61 Å². The summed E-state index contributed by atoms with van der Waals surface area (Å²) in [6.45, 7) is 6.70. The Balaban J connectivity index is 1.78. The molecule has 6 nitrogen and oxygen atoms in total. The molecule has 0 bridgehead atoms. The molecule has 25 heavy (non-hydrogen) atoms. The van der Waals surface area contributed by atoms with E-state index in [1.54, 1.807) is 24.5 Å². The van der Waals surface area contributed by atoms with Gasteiger partial charge < -0.3 is 10.1 Å². The van der Waals surface area contributed by atoms with Crippen LogP contribution >= 0.6 is 0 Å². The van der Waals surface area contributed by atoms with E-state index in [-0.39, 0.29) is 5.91 Å². The first-order valence-corrected chi connectivity index (χ1v) is 8.36. The summed E-state index contributed by atoms with van der Waals surface area (Å²) in [6, 6.07) is 11.2. The molecule has 0 fully saturated rings. The number of hydrogen-bond acceptors (Lipinski definition) is 4. The SMILES string of the molecule is CCCOc1ccc(C(C)(C)NC(=O)c2ccnc3ccnn23)cc1. The third kappa shape index (κ3) is 3.63. The Kier molecular flexibility index (Phi) is 4.70. The van der Waals surface area contributed by atoms with Gasteiger partial charge in [-0.25, -0.2) is 9.50 Å². The number of amides is 1. The van der Waals surface area contributed by atoms with E-state index < -0.39 is 5.54 Å². The third-order valence-corrected chi connectivity index (χ3v) is 4.00. The number of nitrogens with zero attached hydrogens (tertiary/aromatic N) is 3. The summed E-state index contributed by atoms with van der Waals surface area (Å²) < 4.78 is 7.14. The molecule has 6 heteroatoms. The maximum Gasteiger partial charge on any atom is 0.270 e. The molecule has 0 atom stereocenters. The first kappa shape index (κ1) is 17.0. The van der Waals surface area contributed by atoms with Crippen LogP contribution in [0, 0.1) is 0 Å². The second kappa shape index (κ2) is 6.93. The molecule has 0 spiro atoms. The lowest BCUT2D eigenvalue weighted by atomic mass is 9.94. The summed E-state index contributed by atoms with van der Waals surface area (Å²) in [7, 11) is 0. The molecule has 0 saturated carbocycles. The van der Waals surface area contributed by atoms with Gasteiger partial charge in [0.2, 0.25) is 0 Å². The van der Waals surface area contributed by atoms with Gasteiger partial charge >= 0.3 is 0 Å². The number of aromatic nitrogens is 3. The fourth-order valence-corrected chi connectivity index (χ4v) is 2.61. The maximum atomic E-state index is 12.7. The molecule has 1 N–H and O–H groups in total. The largest absolute Gasteiger partial charge is 0.494 e. The second-order valence-electron chi connectivity index (χ2n) is 6.38. The second-order valence-corrected chi connectivity index (χ2v) is 6.38. The summed E-state index contributed by atoms with van der Waals surface area (Å²) in [6.07, 6.45) is 4.20. The fraction of sp³-hybridized carbons (Fsp3) is 0.316. The third-order valence-electron chi connectivity index (χ3n) is 4.00. The number of fused-ring (bicyclic) bond motifs is 1. The molecule has 1 aromatic carbocycles. The highest BCUT2D eigenvalue weighted by atomic mass is 16.5. The van der Waals surface area contributed by atoms with Gasteiger partial charge in [0.05, 0.1) is 18.3 Å². The molecule has 0 aliphatic heterocycles. The first-order chi connectivity index (χ1) is 12.0. The monoisotopic (exact) mass is 338 g/mol. The lowest BCUT2D eigenvalue weighted by Gasteiger charge is -2.27. The van der Waals surface area contributed by atoms with Crippen LogP contribution in [0.2, 0.25) is 0 Å². The van der Waals surface area contributed by atoms with Gasteiger partial charge in [-0.3, -0.25) is 4.79 Å². The van der Waals surface area contributed by atoms with Crippen LogP contribution in [0.3, 0.4) is 0 Å². The van der Waals surface area contributed by atoms with E-state index in [1.807, 2.05) is 38.1 Å². The van der Waals surface area contributed by atoms with Gasteiger partial charge in [0.15, 0.2) is 5.65 Å². The summed E-state index contributed by atoms with van der Waals surface area (Å²) in [5.41, 5.74) is 1.55. The minimum Gasteiger partial charge on any atom is -0.494 e. The predicted molar refractivity (Wildman–Crippen MR) is 95.7 cm³/mol. The average Bonchev–Trinajstić information content (AvgIpc) is 3.08. The van der Waals surface area contributed by atoms with Crippen LogP contribution < -0.4 is 10.1 Å². The molecule has 0 unspecified atom stereocenters. The Labute approximate surface area is 146 Å². The van der Waals surface area contributed by atoms with Gasteiger partial charge in [-0.1, -0.05) is 19.1 Å². The Morgan fingerprint density at radius 2 is 1.92 bits per heavy atom. The van der Waals surface area contributed by atoms with Crippen LogP contribution in [0.15, 0.2) is 48.8 Å². The molecular weight excluding hydrogens is 316 g/mol. The van der Waals surface area contributed by atoms with Crippen molar-refractivity contribution in [2.45, 2.75) is 32.7 Å². The number of carbonyl (C=O) groups excluding carboxylic acids is 1. The molecule has 3 aromatic rings. The molecule has 0 saturated heterocycles. The van der Waals surface area contributed by atoms with Crippen molar-refractivity contribution in [3.8, 4) is 5.75 Å². The minimum absolute atomic E-state index is 0.201. The topological polar surface area (TPSA) is 68.5 Å². The molecule has 0 aliphatic rings. The number of hydrogen-bond donors (Lipinski definition) is 1. The summed E-state index contributed by atoms with van der Waals surface area (Å²) in [5.74, 6) is 0.632. The molecule has 3 rings (SSSR count). The van der Waals surface area contributed by atoms with Crippen LogP contribution in [0.4, 0.5) is 0 Å². The highest BCUT2D eigenvalue weighted by molar-refractivity contribution is 5.93. The van der Waals surface area contributed by atoms with E-state index in [2.05, 4.69) is 22.3 Å². The summed E-state index contributed by atoms with van der Waals surface area (Å²) in [4.78, 5) is 16.9. The summed E-state index contributed by atoms with van der Waals surface area (Å²) >= 11 is 0. The van der Waals surface area contributed by atoms with Gasteiger partial charge in [-0.15, -0.1) is 0 Å². The van der Waals surface area contributed by atoms with Crippen molar-refractivity contribution in [2.24, 2.45) is 0 Å². The Morgan fingerprint density at radius 1 is 1.16 bits per heavy atom. The van der Waals surface area contributed by atoms with Crippen LogP contribution in [-0.4, -0.2) is 27.1 Å².